The number of hydrogen-bond acceptors (Lipinski definition) is 6. The van der Waals surface area contributed by atoms with E-state index in [1.165, 1.54) is 6.33 Å². The highest BCUT2D eigenvalue weighted by atomic mass is 16.3. The maximum atomic E-state index is 13.8. The summed E-state index contributed by atoms with van der Waals surface area (Å²) < 4.78 is 0. The van der Waals surface area contributed by atoms with E-state index in [-0.39, 0.29) is 30.2 Å². The van der Waals surface area contributed by atoms with Gasteiger partial charge in [0.05, 0.1) is 18.8 Å². The zero-order valence-electron chi connectivity index (χ0n) is 25.2. The molecule has 44 heavy (non-hydrogen) atoms. The number of nitrogens with zero attached hydrogens (tertiary/aromatic N) is 1. The highest BCUT2D eigenvalue weighted by molar-refractivity contribution is 6.06. The van der Waals surface area contributed by atoms with E-state index in [0.29, 0.717) is 25.1 Å². The quantitative estimate of drug-likeness (QED) is 0.132. The zero-order chi connectivity index (χ0) is 31.5. The number of Topliss-reactive ketones (excluding diaryl/α,β-unsaturated/α-hetero) is 1. The molecule has 1 heterocycles. The lowest BCUT2D eigenvalue weighted by molar-refractivity contribution is -0.133. The molecule has 0 saturated carbocycles. The van der Waals surface area contributed by atoms with E-state index in [9.17, 15) is 19.5 Å². The van der Waals surface area contributed by atoms with Gasteiger partial charge in [0, 0.05) is 36.5 Å². The lowest BCUT2D eigenvalue weighted by Gasteiger charge is -2.25. The molecule has 3 atom stereocenters. The normalized spacial score (nSPS) is 13.8. The Hall–Kier alpha value is -4.60. The van der Waals surface area contributed by atoms with Crippen LogP contribution in [-0.2, 0) is 27.2 Å². The van der Waals surface area contributed by atoms with Crippen LogP contribution in [0, 0.1) is 5.92 Å². The molecule has 0 radical (unpaired) electrons. The first-order valence-electron chi connectivity index (χ1n) is 15.0. The van der Waals surface area contributed by atoms with Crippen molar-refractivity contribution in [2.75, 3.05) is 6.54 Å². The number of aliphatic hydroxyl groups is 1. The van der Waals surface area contributed by atoms with Gasteiger partial charge >= 0.3 is 0 Å². The maximum Gasteiger partial charge on any atom is 0.248 e. The molecule has 4 aromatic rings. The molecule has 1 aromatic heterocycles. The Morgan fingerprint density at radius 3 is 2.45 bits per heavy atom. The van der Waals surface area contributed by atoms with E-state index >= 15 is 0 Å². The number of carbonyl (C=O) groups is 3. The molecule has 2 amide bonds. The molecule has 0 saturated heterocycles. The van der Waals surface area contributed by atoms with Gasteiger partial charge in [-0.3, -0.25) is 14.4 Å². The van der Waals surface area contributed by atoms with Crippen molar-refractivity contribution in [3.63, 3.8) is 0 Å². The molecule has 0 aliphatic carbocycles. The Bertz CT molecular complexity index is 1560. The second-order valence-corrected chi connectivity index (χ2v) is 11.4. The SMILES string of the molecule is CC(C)C[C@H](NC(=O)C(=Cc1cccc2ccccc12)CC(=O)NCCc1ccccc1)C(=O)C(O)[C@@H](N)Cc1cnc[nH]1. The van der Waals surface area contributed by atoms with Crippen molar-refractivity contribution in [2.45, 2.75) is 57.7 Å². The first-order valence-corrected chi connectivity index (χ1v) is 15.0. The minimum absolute atomic E-state index is 0.0343. The van der Waals surface area contributed by atoms with Crippen molar-refractivity contribution in [2.24, 2.45) is 11.7 Å². The fraction of sp³-hybridized carbons (Fsp3) is 0.314. The number of aromatic nitrogens is 2. The van der Waals surface area contributed by atoms with Crippen LogP contribution in [0.2, 0.25) is 0 Å². The summed E-state index contributed by atoms with van der Waals surface area (Å²) in [6.07, 6.45) is 4.25. The third-order valence-corrected chi connectivity index (χ3v) is 7.44. The second kappa shape index (κ2) is 15.7. The van der Waals surface area contributed by atoms with Crippen molar-refractivity contribution in [1.29, 1.82) is 0 Å². The summed E-state index contributed by atoms with van der Waals surface area (Å²) in [4.78, 5) is 47.2. The fourth-order valence-corrected chi connectivity index (χ4v) is 5.13. The number of nitrogens with two attached hydrogens (primary N) is 1. The minimum atomic E-state index is -1.51. The van der Waals surface area contributed by atoms with Gasteiger partial charge in [-0.2, -0.15) is 0 Å². The molecule has 3 aromatic carbocycles. The van der Waals surface area contributed by atoms with E-state index in [2.05, 4.69) is 20.6 Å². The Kier molecular flexibility index (Phi) is 11.6. The van der Waals surface area contributed by atoms with Gasteiger partial charge in [0.1, 0.15) is 6.10 Å². The Balaban J connectivity index is 1.55. The highest BCUT2D eigenvalue weighted by Crippen LogP contribution is 2.22. The smallest absolute Gasteiger partial charge is 0.248 e. The van der Waals surface area contributed by atoms with Crippen LogP contribution in [0.1, 0.15) is 43.5 Å². The number of aromatic amines is 1. The number of amides is 2. The molecular weight excluding hydrogens is 554 g/mol. The molecule has 6 N–H and O–H groups in total. The van der Waals surface area contributed by atoms with E-state index < -0.39 is 29.9 Å². The molecule has 1 unspecified atom stereocenters. The number of carbonyl (C=O) groups excluding carboxylic acids is 3. The van der Waals surface area contributed by atoms with Gasteiger partial charge < -0.3 is 26.5 Å². The van der Waals surface area contributed by atoms with Crippen LogP contribution in [-0.4, -0.2) is 57.4 Å². The number of benzene rings is 3. The van der Waals surface area contributed by atoms with Crippen LogP contribution in [0.15, 0.2) is 90.9 Å². The third-order valence-electron chi connectivity index (χ3n) is 7.44. The van der Waals surface area contributed by atoms with Crippen LogP contribution in [0.25, 0.3) is 16.8 Å². The predicted octanol–water partition coefficient (Wildman–Crippen LogP) is 3.73. The molecule has 0 aliphatic heterocycles. The Labute approximate surface area is 258 Å². The minimum Gasteiger partial charge on any atom is -0.384 e. The highest BCUT2D eigenvalue weighted by Gasteiger charge is 2.32. The maximum absolute atomic E-state index is 13.8. The fourth-order valence-electron chi connectivity index (χ4n) is 5.13. The number of ketones is 1. The topological polar surface area (TPSA) is 150 Å². The van der Waals surface area contributed by atoms with Crippen LogP contribution in [0.4, 0.5) is 0 Å². The molecule has 230 valence electrons. The number of imidazole rings is 1. The largest absolute Gasteiger partial charge is 0.384 e. The summed E-state index contributed by atoms with van der Waals surface area (Å²) in [7, 11) is 0. The van der Waals surface area contributed by atoms with Crippen LogP contribution in [0.3, 0.4) is 0 Å². The standard InChI is InChI=1S/C35H41N5O4/c1-23(2)17-31(34(43)33(42)30(36)20-28-21-37-22-39-28)40-35(44)27(18-26-13-8-12-25-11-6-7-14-29(25)26)19-32(41)38-16-15-24-9-4-3-5-10-24/h3-14,18,21-23,30-31,33,42H,15-17,19-20,36H2,1-2H3,(H,37,39)(H,38,41)(H,40,44)/t30-,31-,33?/m0/s1. The third kappa shape index (κ3) is 9.20. The Morgan fingerprint density at radius 1 is 1.00 bits per heavy atom. The summed E-state index contributed by atoms with van der Waals surface area (Å²) in [5.74, 6) is -1.40. The number of nitrogens with one attached hydrogen (secondary N) is 3. The van der Waals surface area contributed by atoms with Crippen molar-refractivity contribution in [3.8, 4) is 0 Å². The van der Waals surface area contributed by atoms with Gasteiger partial charge in [0.25, 0.3) is 0 Å². The van der Waals surface area contributed by atoms with Gasteiger partial charge in [-0.15, -0.1) is 0 Å². The van der Waals surface area contributed by atoms with E-state index in [1.54, 1.807) is 12.3 Å². The molecule has 9 heteroatoms. The average molecular weight is 596 g/mol. The van der Waals surface area contributed by atoms with E-state index in [0.717, 1.165) is 21.9 Å². The molecule has 9 nitrogen and oxygen atoms in total. The summed E-state index contributed by atoms with van der Waals surface area (Å²) in [5.41, 5.74) is 8.95. The number of fused-ring (bicyclic) bond motifs is 1. The van der Waals surface area contributed by atoms with Crippen molar-refractivity contribution in [3.05, 3.63) is 108 Å². The van der Waals surface area contributed by atoms with Crippen molar-refractivity contribution >= 4 is 34.4 Å². The van der Waals surface area contributed by atoms with Crippen LogP contribution in [0.5, 0.6) is 0 Å². The molecule has 0 bridgehead atoms. The average Bonchev–Trinajstić information content (AvgIpc) is 3.53. The monoisotopic (exact) mass is 595 g/mol. The van der Waals surface area contributed by atoms with Crippen molar-refractivity contribution in [1.82, 2.24) is 20.6 Å². The zero-order valence-corrected chi connectivity index (χ0v) is 25.2. The van der Waals surface area contributed by atoms with Crippen LogP contribution < -0.4 is 16.4 Å². The number of rotatable bonds is 15. The molecule has 4 rings (SSSR count). The number of hydrogen-bond donors (Lipinski definition) is 5. The van der Waals surface area contributed by atoms with Gasteiger partial charge in [-0.1, -0.05) is 86.6 Å². The summed E-state index contributed by atoms with van der Waals surface area (Å²) in [6, 6.07) is 21.5. The molecule has 0 aliphatic rings. The predicted molar refractivity (Wildman–Crippen MR) is 172 cm³/mol. The molecule has 0 fully saturated rings. The van der Waals surface area contributed by atoms with Crippen molar-refractivity contribution < 1.29 is 19.5 Å². The van der Waals surface area contributed by atoms with Crippen LogP contribution >= 0.6 is 0 Å². The first kappa shape index (κ1) is 32.3. The lowest BCUT2D eigenvalue weighted by Crippen LogP contribution is -2.52. The molecule has 0 spiro atoms. The lowest BCUT2D eigenvalue weighted by atomic mass is 9.92. The first-order chi connectivity index (χ1) is 21.2. The molecular formula is C35H41N5O4. The van der Waals surface area contributed by atoms with E-state index in [1.807, 2.05) is 86.6 Å². The van der Waals surface area contributed by atoms with Gasteiger partial charge in [0.15, 0.2) is 5.78 Å². The Morgan fingerprint density at radius 2 is 1.73 bits per heavy atom. The van der Waals surface area contributed by atoms with Gasteiger partial charge in [-0.25, -0.2) is 4.98 Å². The number of aliphatic hydroxyl groups excluding tert-OH is 1. The second-order valence-electron chi connectivity index (χ2n) is 11.4. The number of H-pyrrole nitrogens is 1. The van der Waals surface area contributed by atoms with Gasteiger partial charge in [0.2, 0.25) is 11.8 Å². The summed E-state index contributed by atoms with van der Waals surface area (Å²) >= 11 is 0. The van der Waals surface area contributed by atoms with E-state index in [4.69, 9.17) is 5.73 Å². The van der Waals surface area contributed by atoms with Gasteiger partial charge in [-0.05, 0) is 46.7 Å². The summed E-state index contributed by atoms with van der Waals surface area (Å²) in [5, 5.41) is 18.5. The summed E-state index contributed by atoms with van der Waals surface area (Å²) in [6.45, 7) is 4.27.